The molecule has 1 amide bonds. The number of carbonyl (C=O) groups is 1. The molecule has 5 heteroatoms. The number of primary amides is 1. The van der Waals surface area contributed by atoms with E-state index < -0.39 is 5.91 Å². The summed E-state index contributed by atoms with van der Waals surface area (Å²) in [6, 6.07) is 1.52. The van der Waals surface area contributed by atoms with Crippen molar-refractivity contribution in [3.63, 3.8) is 0 Å². The van der Waals surface area contributed by atoms with Gasteiger partial charge in [-0.15, -0.1) is 0 Å². The van der Waals surface area contributed by atoms with E-state index in [1.807, 2.05) is 0 Å². The van der Waals surface area contributed by atoms with Gasteiger partial charge in [-0.1, -0.05) is 0 Å². The van der Waals surface area contributed by atoms with Crippen molar-refractivity contribution in [3.8, 4) is 0 Å². The number of nitrogens with one attached hydrogen (secondary N) is 1. The fourth-order valence-electron chi connectivity index (χ4n) is 0.398. The van der Waals surface area contributed by atoms with E-state index in [0.717, 1.165) is 0 Å². The monoisotopic (exact) mass is 321 g/mol. The minimum absolute atomic E-state index is 0. The average Bonchev–Trinajstić information content (AvgIpc) is 2.12. The molecule has 0 spiro atoms. The summed E-state index contributed by atoms with van der Waals surface area (Å²) in [4.78, 5) is 10.2. The second kappa shape index (κ2) is 3.59. The molecule has 0 saturated carbocycles. The van der Waals surface area contributed by atoms with Crippen molar-refractivity contribution in [2.75, 3.05) is 0 Å². The Hall–Kier alpha value is -0.398. The topological polar surface area (TPSA) is 71.8 Å². The van der Waals surface area contributed by atoms with Crippen LogP contribution in [0.1, 0.15) is 10.5 Å². The van der Waals surface area contributed by atoms with Crippen LogP contribution >= 0.6 is 0 Å². The normalized spacial score (nSPS) is 8.00. The average molecular weight is 320 g/mol. The summed E-state index contributed by atoms with van der Waals surface area (Å²) >= 11 is 0. The van der Waals surface area contributed by atoms with Crippen LogP contribution in [0.5, 0.6) is 0 Å². The van der Waals surface area contributed by atoms with Gasteiger partial charge >= 0.3 is 27.3 Å². The van der Waals surface area contributed by atoms with E-state index in [-0.39, 0.29) is 33.0 Å². The summed E-state index contributed by atoms with van der Waals surface area (Å²) in [6.07, 6.45) is 1.54. The van der Waals surface area contributed by atoms with E-state index in [9.17, 15) is 4.79 Å². The van der Waals surface area contributed by atoms with Gasteiger partial charge in [-0.25, -0.2) is 0 Å². The summed E-state index contributed by atoms with van der Waals surface area (Å²) < 4.78 is 0. The molecule has 1 aromatic heterocycles. The van der Waals surface area contributed by atoms with Crippen LogP contribution in [0.15, 0.2) is 12.3 Å². The molecular weight excluding hydrogens is 313 g/mol. The Kier molecular flexibility index (Phi) is 3.43. The SMILES string of the molecule is NC(=O)c1cc[nH]n1.[PbH2]. The van der Waals surface area contributed by atoms with Crippen LogP contribution in [0, 0.1) is 0 Å². The summed E-state index contributed by atoms with van der Waals surface area (Å²) in [5.74, 6) is -0.508. The quantitative estimate of drug-likeness (QED) is 0.624. The molecule has 0 aliphatic carbocycles. The van der Waals surface area contributed by atoms with Gasteiger partial charge in [0.2, 0.25) is 0 Å². The fraction of sp³-hybridized carbons (Fsp3) is 0. The molecule has 1 heterocycles. The summed E-state index contributed by atoms with van der Waals surface area (Å²) in [7, 11) is 0. The van der Waals surface area contributed by atoms with E-state index in [1.165, 1.54) is 6.07 Å². The van der Waals surface area contributed by atoms with Crippen LogP contribution in [0.2, 0.25) is 0 Å². The third kappa shape index (κ3) is 2.12. The maximum atomic E-state index is 10.2. The van der Waals surface area contributed by atoms with E-state index in [2.05, 4.69) is 10.2 Å². The molecule has 0 aliphatic heterocycles. The standard InChI is InChI=1S/C4H5N3O.Pb.2H/c5-4(8)3-1-2-6-7-3;;;/h1-2H,(H2,5,8)(H,6,7);;;. The van der Waals surface area contributed by atoms with Gasteiger partial charge in [0.1, 0.15) is 5.69 Å². The number of hydrogen-bond donors (Lipinski definition) is 2. The van der Waals surface area contributed by atoms with E-state index >= 15 is 0 Å². The number of rotatable bonds is 1. The van der Waals surface area contributed by atoms with Crippen LogP contribution < -0.4 is 5.73 Å². The number of nitrogens with zero attached hydrogens (tertiary/aromatic N) is 1. The van der Waals surface area contributed by atoms with Gasteiger partial charge in [-0.3, -0.25) is 9.89 Å². The van der Waals surface area contributed by atoms with Crippen molar-refractivity contribution in [1.82, 2.24) is 10.2 Å². The molecule has 2 radical (unpaired) electrons. The Morgan fingerprint density at radius 3 is 2.67 bits per heavy atom. The second-order valence-corrected chi connectivity index (χ2v) is 1.32. The minimum atomic E-state index is -0.508. The predicted molar refractivity (Wildman–Crippen MR) is 35.6 cm³/mol. The third-order valence-corrected chi connectivity index (χ3v) is 0.753. The molecule has 0 fully saturated rings. The van der Waals surface area contributed by atoms with E-state index in [4.69, 9.17) is 5.73 Å². The number of aromatic amines is 1. The van der Waals surface area contributed by atoms with Crippen LogP contribution in [0.25, 0.3) is 0 Å². The number of carbonyl (C=O) groups excluding carboxylic acids is 1. The summed E-state index contributed by atoms with van der Waals surface area (Å²) in [5, 5.41) is 5.98. The molecule has 4 nitrogen and oxygen atoms in total. The van der Waals surface area contributed by atoms with Gasteiger partial charge in [0.25, 0.3) is 5.91 Å². The molecule has 0 atom stereocenters. The molecule has 9 heavy (non-hydrogen) atoms. The van der Waals surface area contributed by atoms with Crippen LogP contribution in [-0.2, 0) is 0 Å². The van der Waals surface area contributed by atoms with Gasteiger partial charge in [0.05, 0.1) is 0 Å². The number of H-pyrrole nitrogens is 1. The molecule has 3 N–H and O–H groups in total. The Labute approximate surface area is 72.0 Å². The van der Waals surface area contributed by atoms with Crippen molar-refractivity contribution >= 4 is 33.2 Å². The van der Waals surface area contributed by atoms with Crippen LogP contribution in [-0.4, -0.2) is 43.4 Å². The Bertz CT molecular complexity index is 184. The summed E-state index contributed by atoms with van der Waals surface area (Å²) in [5.41, 5.74) is 5.11. The zero-order valence-corrected chi connectivity index (χ0v) is 10.3. The Morgan fingerprint density at radius 1 is 1.78 bits per heavy atom. The fourth-order valence-corrected chi connectivity index (χ4v) is 0.398. The number of amides is 1. The molecule has 0 unspecified atom stereocenters. The maximum absolute atomic E-state index is 10.2. The predicted octanol–water partition coefficient (Wildman–Crippen LogP) is -1.41. The molecule has 1 aromatic rings. The van der Waals surface area contributed by atoms with E-state index in [1.54, 1.807) is 6.20 Å². The van der Waals surface area contributed by atoms with Crippen molar-refractivity contribution < 1.29 is 4.79 Å². The van der Waals surface area contributed by atoms with Crippen molar-refractivity contribution in [2.24, 2.45) is 5.73 Å². The van der Waals surface area contributed by atoms with Gasteiger partial charge in [0.15, 0.2) is 0 Å². The third-order valence-electron chi connectivity index (χ3n) is 0.753. The van der Waals surface area contributed by atoms with Crippen molar-refractivity contribution in [1.29, 1.82) is 0 Å². The van der Waals surface area contributed by atoms with Crippen molar-refractivity contribution in [2.45, 2.75) is 0 Å². The van der Waals surface area contributed by atoms with Gasteiger partial charge in [-0.05, 0) is 6.07 Å². The molecule has 0 aliphatic rings. The second-order valence-electron chi connectivity index (χ2n) is 1.32. The number of hydrogen-bond acceptors (Lipinski definition) is 2. The van der Waals surface area contributed by atoms with Gasteiger partial charge < -0.3 is 5.73 Å². The first-order valence-electron chi connectivity index (χ1n) is 2.10. The molecular formula is C4H7N3OPb. The van der Waals surface area contributed by atoms with Gasteiger partial charge in [0, 0.05) is 6.20 Å². The molecule has 48 valence electrons. The molecule has 0 bridgehead atoms. The number of aromatic nitrogens is 2. The first-order chi connectivity index (χ1) is 3.80. The Balaban J connectivity index is 0.000000640. The molecule has 0 aromatic carbocycles. The number of nitrogens with two attached hydrogens (primary N) is 1. The molecule has 1 rings (SSSR count). The summed E-state index contributed by atoms with van der Waals surface area (Å²) in [6.45, 7) is 0. The van der Waals surface area contributed by atoms with Gasteiger partial charge in [-0.2, -0.15) is 5.10 Å². The zero-order chi connectivity index (χ0) is 5.98. The Morgan fingerprint density at radius 2 is 2.44 bits per heavy atom. The zero-order valence-electron chi connectivity index (χ0n) is 4.79. The molecule has 0 saturated heterocycles. The van der Waals surface area contributed by atoms with E-state index in [0.29, 0.717) is 0 Å². The first-order valence-corrected chi connectivity index (χ1v) is 2.10. The first kappa shape index (κ1) is 8.60. The van der Waals surface area contributed by atoms with Crippen LogP contribution in [0.4, 0.5) is 0 Å². The van der Waals surface area contributed by atoms with Crippen molar-refractivity contribution in [3.05, 3.63) is 18.0 Å². The van der Waals surface area contributed by atoms with Crippen LogP contribution in [0.3, 0.4) is 0 Å².